The van der Waals surface area contributed by atoms with E-state index in [-0.39, 0.29) is 26.6 Å². The predicted molar refractivity (Wildman–Crippen MR) is 72.6 cm³/mol. The van der Waals surface area contributed by atoms with Crippen LogP contribution in [0.25, 0.3) is 0 Å². The molecule has 0 N–H and O–H groups in total. The standard InChI is InChI=1S/C6H8O4S2.C6H7.Co/c1-9-5(7)3(11)4(12)6(8)10-2;1-6-4-2-3-5-6;/h11-12H,1-2H3;2-5H,1H3;/q;-1;/p-2/b4-3-;;. The number of esters is 2. The molecule has 0 aliphatic rings. The number of methoxy groups -OCH3 is 2. The molecule has 1 aromatic rings. The second kappa shape index (κ2) is 10.9. The zero-order valence-electron chi connectivity index (χ0n) is 10.6. The molecule has 0 saturated carbocycles. The number of ether oxygens (including phenoxy) is 2. The molecule has 1 aromatic carbocycles. The van der Waals surface area contributed by atoms with Gasteiger partial charge in [-0.25, -0.2) is 21.7 Å². The Morgan fingerprint density at radius 1 is 0.947 bits per heavy atom. The molecule has 4 nitrogen and oxygen atoms in total. The fraction of sp³-hybridized carbons (Fsp3) is 0.250. The maximum Gasteiger partial charge on any atom is 0.309 e. The fourth-order valence-electron chi connectivity index (χ4n) is 0.841. The number of carbonyl (C=O) groups is 2. The van der Waals surface area contributed by atoms with Crippen LogP contribution in [-0.2, 0) is 61.1 Å². The first kappa shape index (κ1) is 20.3. The van der Waals surface area contributed by atoms with Gasteiger partial charge in [0.05, 0.1) is 14.2 Å². The molecule has 0 amide bonds. The van der Waals surface area contributed by atoms with Crippen LogP contribution >= 0.6 is 0 Å². The average Bonchev–Trinajstić information content (AvgIpc) is 2.86. The van der Waals surface area contributed by atoms with Crippen LogP contribution in [0.1, 0.15) is 5.56 Å². The van der Waals surface area contributed by atoms with Gasteiger partial charge >= 0.3 is 11.9 Å². The van der Waals surface area contributed by atoms with Gasteiger partial charge in [0.15, 0.2) is 0 Å². The van der Waals surface area contributed by atoms with Gasteiger partial charge in [-0.3, -0.25) is 0 Å². The van der Waals surface area contributed by atoms with Crippen molar-refractivity contribution in [2.45, 2.75) is 6.92 Å². The summed E-state index contributed by atoms with van der Waals surface area (Å²) in [6, 6.07) is 8.24. The number of aryl methyl sites for hydroxylation is 1. The first-order chi connectivity index (χ1) is 8.43. The Bertz CT molecular complexity index is 403. The topological polar surface area (TPSA) is 52.6 Å². The van der Waals surface area contributed by atoms with E-state index in [1.807, 2.05) is 12.1 Å². The van der Waals surface area contributed by atoms with Gasteiger partial charge < -0.3 is 34.7 Å². The molecule has 7 heteroatoms. The minimum Gasteiger partial charge on any atom is -0.774 e. The summed E-state index contributed by atoms with van der Waals surface area (Å²) in [5.74, 6) is -1.61. The van der Waals surface area contributed by atoms with Gasteiger partial charge in [-0.15, -0.1) is 9.81 Å². The molecule has 0 unspecified atom stereocenters. The Kier molecular flexibility index (Phi) is 11.6. The summed E-state index contributed by atoms with van der Waals surface area (Å²) in [5, 5.41) is 0. The van der Waals surface area contributed by atoms with Gasteiger partial charge in [-0.1, -0.05) is 6.92 Å². The zero-order valence-corrected chi connectivity index (χ0v) is 13.3. The van der Waals surface area contributed by atoms with E-state index < -0.39 is 11.9 Å². The Morgan fingerprint density at radius 3 is 1.42 bits per heavy atom. The zero-order chi connectivity index (χ0) is 14.1. The second-order valence-corrected chi connectivity index (χ2v) is 3.92. The fourth-order valence-corrected chi connectivity index (χ4v) is 1.17. The summed E-state index contributed by atoms with van der Waals surface area (Å²) in [6.07, 6.45) is 0. The minimum absolute atomic E-state index is 0. The van der Waals surface area contributed by atoms with Gasteiger partial charge in [0.25, 0.3) is 0 Å². The number of carbonyl (C=O) groups excluding carboxylic acids is 2. The van der Waals surface area contributed by atoms with E-state index in [0.717, 1.165) is 14.2 Å². The summed E-state index contributed by atoms with van der Waals surface area (Å²) in [5.41, 5.74) is 1.34. The van der Waals surface area contributed by atoms with Crippen LogP contribution in [0.2, 0.25) is 0 Å². The van der Waals surface area contributed by atoms with Gasteiger partial charge in [0.1, 0.15) is 0 Å². The molecule has 19 heavy (non-hydrogen) atoms. The molecule has 0 atom stereocenters. The third kappa shape index (κ3) is 7.88. The molecule has 0 saturated heterocycles. The molecule has 0 aromatic heterocycles. The molecule has 1 radical (unpaired) electrons. The summed E-state index contributed by atoms with van der Waals surface area (Å²) in [4.78, 5) is 20.8. The van der Waals surface area contributed by atoms with E-state index in [2.05, 4.69) is 53.8 Å². The third-order valence-electron chi connectivity index (χ3n) is 1.78. The van der Waals surface area contributed by atoms with Crippen LogP contribution in [0.15, 0.2) is 34.1 Å². The molecule has 1 rings (SSSR count). The molecular weight excluding hydrogens is 331 g/mol. The van der Waals surface area contributed by atoms with Crippen LogP contribution in [0, 0.1) is 6.92 Å². The van der Waals surface area contributed by atoms with Crippen LogP contribution < -0.4 is 0 Å². The Hall–Kier alpha value is -1.02. The van der Waals surface area contributed by atoms with Gasteiger partial charge in [0.2, 0.25) is 0 Å². The summed E-state index contributed by atoms with van der Waals surface area (Å²) < 4.78 is 8.50. The van der Waals surface area contributed by atoms with Crippen molar-refractivity contribution >= 4 is 37.2 Å². The smallest absolute Gasteiger partial charge is 0.309 e. The number of hydrogen-bond acceptors (Lipinski definition) is 6. The van der Waals surface area contributed by atoms with E-state index in [1.54, 1.807) is 0 Å². The van der Waals surface area contributed by atoms with Crippen molar-refractivity contribution in [1.29, 1.82) is 0 Å². The minimum atomic E-state index is -0.805. The van der Waals surface area contributed by atoms with Crippen molar-refractivity contribution in [3.63, 3.8) is 0 Å². The monoisotopic (exact) mass is 344 g/mol. The maximum atomic E-state index is 10.7. The second-order valence-electron chi connectivity index (χ2n) is 3.10. The van der Waals surface area contributed by atoms with Crippen LogP contribution in [0.3, 0.4) is 0 Å². The maximum absolute atomic E-state index is 10.7. The van der Waals surface area contributed by atoms with Crippen molar-refractivity contribution in [2.75, 3.05) is 14.2 Å². The molecule has 0 aliphatic heterocycles. The Morgan fingerprint density at radius 2 is 1.26 bits per heavy atom. The van der Waals surface area contributed by atoms with Crippen molar-refractivity contribution in [2.24, 2.45) is 0 Å². The average molecular weight is 344 g/mol. The van der Waals surface area contributed by atoms with E-state index in [9.17, 15) is 9.59 Å². The molecule has 109 valence electrons. The van der Waals surface area contributed by atoms with Crippen LogP contribution in [-0.4, -0.2) is 26.2 Å². The SMILES string of the molecule is COC(=O)/C([S-])=C(/[S-])C(=O)OC.C[c-]1cccc1.[Co]. The molecule has 0 heterocycles. The normalized spacial score (nSPS) is 10.1. The van der Waals surface area contributed by atoms with Crippen molar-refractivity contribution < 1.29 is 35.8 Å². The first-order valence-corrected chi connectivity index (χ1v) is 5.69. The van der Waals surface area contributed by atoms with Crippen molar-refractivity contribution in [1.82, 2.24) is 0 Å². The summed E-state index contributed by atoms with van der Waals surface area (Å²) >= 11 is 9.05. The van der Waals surface area contributed by atoms with Gasteiger partial charge in [-0.2, -0.15) is 17.7 Å². The number of rotatable bonds is 2. The summed E-state index contributed by atoms with van der Waals surface area (Å²) in [6.45, 7) is 2.08. The van der Waals surface area contributed by atoms with Gasteiger partial charge in [-0.05, 0) is 0 Å². The largest absolute Gasteiger partial charge is 0.774 e. The van der Waals surface area contributed by atoms with Crippen LogP contribution in [0.5, 0.6) is 0 Å². The van der Waals surface area contributed by atoms with E-state index in [1.165, 1.54) is 5.56 Å². The predicted octanol–water partition coefficient (Wildman–Crippen LogP) is 1.35. The number of hydrogen-bond donors (Lipinski definition) is 0. The molecule has 0 aliphatic carbocycles. The first-order valence-electron chi connectivity index (χ1n) is 4.87. The molecular formula is C12H13CoO4S2-3. The van der Waals surface area contributed by atoms with E-state index in [0.29, 0.717) is 0 Å². The molecule has 0 spiro atoms. The summed E-state index contributed by atoms with van der Waals surface area (Å²) in [7, 11) is 2.29. The molecule has 0 fully saturated rings. The quantitative estimate of drug-likeness (QED) is 0.349. The molecule has 0 bridgehead atoms. The van der Waals surface area contributed by atoms with Crippen molar-refractivity contribution in [3.8, 4) is 0 Å². The Balaban J connectivity index is 0. The third-order valence-corrected chi connectivity index (χ3v) is 2.65. The van der Waals surface area contributed by atoms with Crippen LogP contribution in [0.4, 0.5) is 0 Å². The van der Waals surface area contributed by atoms with Crippen molar-refractivity contribution in [3.05, 3.63) is 39.6 Å². The Labute approximate surface area is 133 Å². The van der Waals surface area contributed by atoms with Gasteiger partial charge in [0, 0.05) is 16.8 Å². The van der Waals surface area contributed by atoms with E-state index in [4.69, 9.17) is 0 Å². The van der Waals surface area contributed by atoms with E-state index >= 15 is 0 Å².